The van der Waals surface area contributed by atoms with Gasteiger partial charge in [0.15, 0.2) is 6.10 Å². The number of primary amides is 1. The van der Waals surface area contributed by atoms with Crippen LogP contribution >= 0.6 is 0 Å². The van der Waals surface area contributed by atoms with Gasteiger partial charge in [-0.15, -0.1) is 0 Å². The van der Waals surface area contributed by atoms with Crippen LogP contribution in [0, 0.1) is 0 Å². The van der Waals surface area contributed by atoms with Crippen LogP contribution in [0.1, 0.15) is 58.3 Å². The van der Waals surface area contributed by atoms with Crippen molar-refractivity contribution in [1.82, 2.24) is 10.2 Å². The Labute approximate surface area is 137 Å². The first-order valence-electron chi connectivity index (χ1n) is 8.52. The molecule has 0 saturated carbocycles. The molecule has 3 N–H and O–H groups in total. The van der Waals surface area contributed by atoms with Gasteiger partial charge in [0.2, 0.25) is 0 Å². The number of rotatable bonds is 8. The van der Waals surface area contributed by atoms with Gasteiger partial charge in [0.25, 0.3) is 5.91 Å². The van der Waals surface area contributed by atoms with E-state index in [0.29, 0.717) is 13.0 Å². The number of likely N-dealkylation sites (tertiary alicyclic amines) is 1. The zero-order valence-electron chi connectivity index (χ0n) is 14.0. The first kappa shape index (κ1) is 19.3. The van der Waals surface area contributed by atoms with Crippen molar-refractivity contribution >= 4 is 17.9 Å². The molecule has 1 rings (SSSR count). The van der Waals surface area contributed by atoms with E-state index in [2.05, 4.69) is 5.32 Å². The largest absolute Gasteiger partial charge is 0.453 e. The lowest BCUT2D eigenvalue weighted by Gasteiger charge is -2.24. The van der Waals surface area contributed by atoms with E-state index < -0.39 is 12.1 Å². The van der Waals surface area contributed by atoms with E-state index in [9.17, 15) is 14.4 Å². The smallest absolute Gasteiger partial charge is 0.312 e. The molecule has 1 saturated heterocycles. The minimum atomic E-state index is -0.711. The normalized spacial score (nSPS) is 16.3. The third-order valence-corrected chi connectivity index (χ3v) is 3.93. The molecule has 0 aromatic carbocycles. The van der Waals surface area contributed by atoms with E-state index in [1.54, 1.807) is 11.8 Å². The molecule has 7 heteroatoms. The molecule has 0 bridgehead atoms. The van der Waals surface area contributed by atoms with E-state index in [1.807, 2.05) is 0 Å². The Morgan fingerprint density at radius 2 is 1.74 bits per heavy atom. The number of nitrogens with one attached hydrogen (secondary N) is 1. The highest BCUT2D eigenvalue weighted by Gasteiger charge is 2.24. The highest BCUT2D eigenvalue weighted by molar-refractivity contribution is 5.83. The van der Waals surface area contributed by atoms with Gasteiger partial charge >= 0.3 is 12.0 Å². The molecule has 3 amide bonds. The van der Waals surface area contributed by atoms with Crippen molar-refractivity contribution in [2.75, 3.05) is 19.6 Å². The number of esters is 1. The van der Waals surface area contributed by atoms with Crippen molar-refractivity contribution in [2.45, 2.75) is 64.4 Å². The molecule has 1 aliphatic heterocycles. The topological polar surface area (TPSA) is 102 Å². The van der Waals surface area contributed by atoms with Crippen LogP contribution < -0.4 is 11.1 Å². The van der Waals surface area contributed by atoms with E-state index in [4.69, 9.17) is 10.5 Å². The Bertz CT molecular complexity index is 393. The van der Waals surface area contributed by atoms with Gasteiger partial charge < -0.3 is 20.7 Å². The Morgan fingerprint density at radius 3 is 2.35 bits per heavy atom. The van der Waals surface area contributed by atoms with Gasteiger partial charge in [0, 0.05) is 26.1 Å². The number of unbranched alkanes of at least 4 members (excludes halogenated alkanes) is 2. The lowest BCUT2D eigenvalue weighted by molar-refractivity contribution is -0.159. The molecular weight excluding hydrogens is 298 g/mol. The van der Waals surface area contributed by atoms with Crippen molar-refractivity contribution < 1.29 is 19.1 Å². The maximum atomic E-state index is 12.3. The number of hydrogen-bond donors (Lipinski definition) is 2. The molecule has 0 aromatic heterocycles. The predicted molar refractivity (Wildman–Crippen MR) is 86.7 cm³/mol. The van der Waals surface area contributed by atoms with Gasteiger partial charge in [-0.3, -0.25) is 9.59 Å². The molecule has 1 heterocycles. The highest BCUT2D eigenvalue weighted by atomic mass is 16.5. The molecule has 23 heavy (non-hydrogen) atoms. The average Bonchev–Trinajstić information content (AvgIpc) is 2.78. The first-order chi connectivity index (χ1) is 11.0. The molecule has 0 radical (unpaired) electrons. The molecule has 7 nitrogen and oxygen atoms in total. The Hall–Kier alpha value is -1.79. The molecule has 132 valence electrons. The molecule has 0 unspecified atom stereocenters. The molecular formula is C16H29N3O4. The number of ether oxygens (including phenoxy) is 1. The average molecular weight is 327 g/mol. The summed E-state index contributed by atoms with van der Waals surface area (Å²) in [6, 6.07) is -0.537. The summed E-state index contributed by atoms with van der Waals surface area (Å²) in [6.07, 6.45) is 6.15. The minimum Gasteiger partial charge on any atom is -0.453 e. The Balaban J connectivity index is 2.17. The maximum absolute atomic E-state index is 12.3. The van der Waals surface area contributed by atoms with Crippen LogP contribution in [0.5, 0.6) is 0 Å². The fraction of sp³-hybridized carbons (Fsp3) is 0.812. The van der Waals surface area contributed by atoms with Crippen LogP contribution in [0.2, 0.25) is 0 Å². The van der Waals surface area contributed by atoms with Gasteiger partial charge in [-0.2, -0.15) is 0 Å². The van der Waals surface area contributed by atoms with E-state index in [0.717, 1.165) is 51.6 Å². The second-order valence-corrected chi connectivity index (χ2v) is 5.97. The third kappa shape index (κ3) is 8.42. The summed E-state index contributed by atoms with van der Waals surface area (Å²) in [5.74, 6) is -0.436. The molecule has 0 aliphatic carbocycles. The third-order valence-electron chi connectivity index (χ3n) is 3.93. The highest BCUT2D eigenvalue weighted by Crippen LogP contribution is 2.12. The number of carbonyl (C=O) groups excluding carboxylic acids is 3. The summed E-state index contributed by atoms with van der Waals surface area (Å²) < 4.78 is 5.23. The number of hydrogen-bond acceptors (Lipinski definition) is 4. The molecule has 1 fully saturated rings. The van der Waals surface area contributed by atoms with Crippen LogP contribution in [0.4, 0.5) is 4.79 Å². The number of nitrogens with two attached hydrogens (primary N) is 1. The Morgan fingerprint density at radius 1 is 1.09 bits per heavy atom. The zero-order valence-corrected chi connectivity index (χ0v) is 14.0. The summed E-state index contributed by atoms with van der Waals surface area (Å²) in [5, 5.41) is 2.49. The van der Waals surface area contributed by atoms with Crippen molar-refractivity contribution in [3.63, 3.8) is 0 Å². The van der Waals surface area contributed by atoms with Crippen LogP contribution in [-0.2, 0) is 14.3 Å². The number of nitrogens with zero attached hydrogens (tertiary/aromatic N) is 1. The van der Waals surface area contributed by atoms with Crippen molar-refractivity contribution in [3.05, 3.63) is 0 Å². The van der Waals surface area contributed by atoms with Crippen LogP contribution in [0.15, 0.2) is 0 Å². The summed E-state index contributed by atoms with van der Waals surface area (Å²) in [6.45, 7) is 3.66. The zero-order chi connectivity index (χ0) is 17.1. The van der Waals surface area contributed by atoms with Gasteiger partial charge in [-0.1, -0.05) is 19.3 Å². The summed E-state index contributed by atoms with van der Waals surface area (Å²) in [5.41, 5.74) is 4.95. The summed E-state index contributed by atoms with van der Waals surface area (Å²) in [7, 11) is 0. The summed E-state index contributed by atoms with van der Waals surface area (Å²) >= 11 is 0. The van der Waals surface area contributed by atoms with E-state index in [-0.39, 0.29) is 18.3 Å². The minimum absolute atomic E-state index is 0.0918. The second-order valence-electron chi connectivity index (χ2n) is 5.97. The maximum Gasteiger partial charge on any atom is 0.312 e. The lowest BCUT2D eigenvalue weighted by atomic mass is 10.2. The SMILES string of the molecule is C[C@H](OC(=O)CCCCCNC(N)=O)C(=O)N1CCCCCC1. The number of carbonyl (C=O) groups is 3. The Kier molecular flexibility index (Phi) is 9.09. The molecule has 1 aliphatic rings. The monoisotopic (exact) mass is 327 g/mol. The second kappa shape index (κ2) is 10.9. The fourth-order valence-corrected chi connectivity index (χ4v) is 2.64. The fourth-order valence-electron chi connectivity index (χ4n) is 2.64. The van der Waals surface area contributed by atoms with Gasteiger partial charge in [0.1, 0.15) is 0 Å². The first-order valence-corrected chi connectivity index (χ1v) is 8.52. The standard InChI is InChI=1S/C16H29N3O4/c1-13(15(21)19-11-7-2-3-8-12-19)23-14(20)9-5-4-6-10-18-16(17)22/h13H,2-12H2,1H3,(H3,17,18,22)/t13-/m0/s1. The lowest BCUT2D eigenvalue weighted by Crippen LogP contribution is -2.40. The van der Waals surface area contributed by atoms with Crippen molar-refractivity contribution in [2.24, 2.45) is 5.73 Å². The van der Waals surface area contributed by atoms with E-state index in [1.165, 1.54) is 0 Å². The predicted octanol–water partition coefficient (Wildman–Crippen LogP) is 1.55. The van der Waals surface area contributed by atoms with Gasteiger partial charge in [-0.05, 0) is 32.6 Å². The number of amides is 3. The molecule has 0 spiro atoms. The van der Waals surface area contributed by atoms with Gasteiger partial charge in [-0.25, -0.2) is 4.79 Å². The van der Waals surface area contributed by atoms with E-state index >= 15 is 0 Å². The van der Waals surface area contributed by atoms with Gasteiger partial charge in [0.05, 0.1) is 0 Å². The molecule has 0 aromatic rings. The summed E-state index contributed by atoms with van der Waals surface area (Å²) in [4.78, 5) is 36.3. The molecule has 1 atom stereocenters. The van der Waals surface area contributed by atoms with Crippen molar-refractivity contribution in [1.29, 1.82) is 0 Å². The van der Waals surface area contributed by atoms with Crippen LogP contribution in [0.25, 0.3) is 0 Å². The quantitative estimate of drug-likeness (QED) is 0.521. The van der Waals surface area contributed by atoms with Crippen LogP contribution in [0.3, 0.4) is 0 Å². The number of urea groups is 1. The van der Waals surface area contributed by atoms with Crippen LogP contribution in [-0.4, -0.2) is 48.5 Å². The van der Waals surface area contributed by atoms with Crippen molar-refractivity contribution in [3.8, 4) is 0 Å².